The van der Waals surface area contributed by atoms with Gasteiger partial charge in [-0.15, -0.1) is 0 Å². The number of nitrogens with one attached hydrogen (secondary N) is 1. The average Bonchev–Trinajstić information content (AvgIpc) is 2.83. The van der Waals surface area contributed by atoms with Gasteiger partial charge in [0.15, 0.2) is 0 Å². The number of rotatable bonds is 4. The number of ether oxygens (including phenoxy) is 1. The summed E-state index contributed by atoms with van der Waals surface area (Å²) in [5.41, 5.74) is 7.33. The molecule has 1 aromatic heterocycles. The summed E-state index contributed by atoms with van der Waals surface area (Å²) >= 11 is 0. The van der Waals surface area contributed by atoms with Crippen LogP contribution in [0.4, 0.5) is 0 Å². The molecule has 4 N–H and O–H groups in total. The molecular weight excluding hydrogens is 244 g/mol. The quantitative estimate of drug-likeness (QED) is 0.789. The number of carbonyl (C=O) groups is 1. The van der Waals surface area contributed by atoms with Crippen molar-refractivity contribution in [3.63, 3.8) is 0 Å². The highest BCUT2D eigenvalue weighted by Crippen LogP contribution is 2.23. The third kappa shape index (κ3) is 3.48. The molecule has 0 aliphatic heterocycles. The summed E-state index contributed by atoms with van der Waals surface area (Å²) in [6, 6.07) is 4.72. The lowest BCUT2D eigenvalue weighted by molar-refractivity contribution is -0.138. The number of carboxylic acid groups (broad SMARTS) is 1. The molecule has 19 heavy (non-hydrogen) atoms. The van der Waals surface area contributed by atoms with Crippen LogP contribution in [0.5, 0.6) is 5.75 Å². The average molecular weight is 264 g/mol. The first-order chi connectivity index (χ1) is 9.11. The maximum atomic E-state index is 10.7. The number of aromatic amines is 1. The lowest BCUT2D eigenvalue weighted by atomic mass is 10.1. The highest BCUT2D eigenvalue weighted by Gasteiger charge is 2.14. The second-order valence-electron chi connectivity index (χ2n) is 3.87. The maximum absolute atomic E-state index is 10.7. The molecule has 1 unspecified atom stereocenters. The van der Waals surface area contributed by atoms with Gasteiger partial charge in [0.25, 0.3) is 0 Å². The van der Waals surface area contributed by atoms with Crippen molar-refractivity contribution in [2.75, 3.05) is 7.11 Å². The van der Waals surface area contributed by atoms with E-state index in [0.29, 0.717) is 6.42 Å². The number of methoxy groups -OCH3 is 1. The van der Waals surface area contributed by atoms with E-state index in [2.05, 4.69) is 4.98 Å². The third-order valence-corrected chi connectivity index (χ3v) is 2.73. The number of hydrogen-bond acceptors (Lipinski definition) is 3. The molecule has 0 radical (unpaired) electrons. The smallest absolute Gasteiger partial charge is 0.320 e. The maximum Gasteiger partial charge on any atom is 0.320 e. The topological polar surface area (TPSA) is 88.3 Å². The molecular formula is C14H20N2O3. The van der Waals surface area contributed by atoms with Gasteiger partial charge < -0.3 is 20.6 Å². The van der Waals surface area contributed by atoms with Gasteiger partial charge in [0.1, 0.15) is 11.8 Å². The van der Waals surface area contributed by atoms with E-state index in [4.69, 9.17) is 15.6 Å². The number of aliphatic carboxylic acids is 1. The van der Waals surface area contributed by atoms with Crippen molar-refractivity contribution in [2.45, 2.75) is 26.3 Å². The summed E-state index contributed by atoms with van der Waals surface area (Å²) in [4.78, 5) is 13.8. The molecule has 1 aromatic carbocycles. The number of fused-ring (bicyclic) bond motifs is 1. The minimum absolute atomic E-state index is 0.307. The van der Waals surface area contributed by atoms with Crippen LogP contribution in [0.15, 0.2) is 24.4 Å². The van der Waals surface area contributed by atoms with E-state index in [1.54, 1.807) is 13.3 Å². The number of nitrogens with two attached hydrogens (primary N) is 1. The molecule has 0 fully saturated rings. The van der Waals surface area contributed by atoms with Gasteiger partial charge in [-0.2, -0.15) is 0 Å². The van der Waals surface area contributed by atoms with Crippen molar-refractivity contribution in [1.82, 2.24) is 4.98 Å². The van der Waals surface area contributed by atoms with Crippen LogP contribution in [0.25, 0.3) is 10.9 Å². The molecule has 0 aliphatic carbocycles. The second-order valence-corrected chi connectivity index (χ2v) is 3.87. The molecule has 5 heteroatoms. The standard InChI is InChI=1S/C12H14N2O3.C2H6/c1-17-8-2-3-9-7(4-10(13)12(15)16)6-14-11(9)5-8;1-2/h2-3,5-6,10,14H,4,13H2,1H3,(H,15,16);1-2H3. The van der Waals surface area contributed by atoms with Crippen LogP contribution in [-0.2, 0) is 11.2 Å². The van der Waals surface area contributed by atoms with Crippen molar-refractivity contribution in [2.24, 2.45) is 5.73 Å². The van der Waals surface area contributed by atoms with Crippen molar-refractivity contribution in [1.29, 1.82) is 0 Å². The first kappa shape index (κ1) is 15.0. The van der Waals surface area contributed by atoms with E-state index in [1.807, 2.05) is 32.0 Å². The Hall–Kier alpha value is -2.01. The number of hydrogen-bond donors (Lipinski definition) is 3. The fourth-order valence-corrected chi connectivity index (χ4v) is 1.79. The largest absolute Gasteiger partial charge is 0.497 e. The minimum atomic E-state index is -0.993. The molecule has 104 valence electrons. The first-order valence-corrected chi connectivity index (χ1v) is 6.24. The van der Waals surface area contributed by atoms with Gasteiger partial charge in [0.05, 0.1) is 7.11 Å². The zero-order valence-electron chi connectivity index (χ0n) is 11.4. The number of H-pyrrole nitrogens is 1. The highest BCUT2D eigenvalue weighted by molar-refractivity contribution is 5.85. The van der Waals surface area contributed by atoms with Crippen LogP contribution in [0.3, 0.4) is 0 Å². The molecule has 0 aliphatic rings. The Morgan fingerprint density at radius 3 is 2.74 bits per heavy atom. The highest BCUT2D eigenvalue weighted by atomic mass is 16.5. The van der Waals surface area contributed by atoms with Crippen molar-refractivity contribution in [3.05, 3.63) is 30.0 Å². The van der Waals surface area contributed by atoms with Crippen molar-refractivity contribution in [3.8, 4) is 5.75 Å². The zero-order chi connectivity index (χ0) is 14.4. The Morgan fingerprint density at radius 2 is 2.16 bits per heavy atom. The Morgan fingerprint density at radius 1 is 1.47 bits per heavy atom. The van der Waals surface area contributed by atoms with Gasteiger partial charge in [-0.1, -0.05) is 13.8 Å². The van der Waals surface area contributed by atoms with E-state index in [9.17, 15) is 4.79 Å². The summed E-state index contributed by atoms with van der Waals surface area (Å²) < 4.78 is 5.11. The number of carboxylic acids is 1. The molecule has 2 rings (SSSR count). The molecule has 1 atom stereocenters. The van der Waals surface area contributed by atoms with E-state index >= 15 is 0 Å². The van der Waals surface area contributed by atoms with Gasteiger partial charge in [0, 0.05) is 29.6 Å². The summed E-state index contributed by atoms with van der Waals surface area (Å²) in [5.74, 6) is -0.235. The molecule has 0 bridgehead atoms. The Labute approximate surface area is 112 Å². The zero-order valence-corrected chi connectivity index (χ0v) is 11.4. The summed E-state index contributed by atoms with van der Waals surface area (Å²) in [6.07, 6.45) is 2.09. The van der Waals surface area contributed by atoms with Crippen LogP contribution in [0.2, 0.25) is 0 Å². The molecule has 0 amide bonds. The molecule has 0 saturated carbocycles. The molecule has 0 spiro atoms. The monoisotopic (exact) mass is 264 g/mol. The van der Waals surface area contributed by atoms with Crippen LogP contribution >= 0.6 is 0 Å². The Bertz CT molecular complexity index is 549. The molecule has 2 aromatic rings. The van der Waals surface area contributed by atoms with Crippen LogP contribution in [0.1, 0.15) is 19.4 Å². The Balaban J connectivity index is 0.000000861. The van der Waals surface area contributed by atoms with Gasteiger partial charge in [-0.3, -0.25) is 4.79 Å². The van der Waals surface area contributed by atoms with Crippen LogP contribution < -0.4 is 10.5 Å². The van der Waals surface area contributed by atoms with Crippen LogP contribution in [-0.4, -0.2) is 29.2 Å². The van der Waals surface area contributed by atoms with E-state index in [-0.39, 0.29) is 0 Å². The second kappa shape index (κ2) is 6.80. The fourth-order valence-electron chi connectivity index (χ4n) is 1.79. The van der Waals surface area contributed by atoms with Gasteiger partial charge in [-0.25, -0.2) is 0 Å². The predicted molar refractivity (Wildman–Crippen MR) is 75.5 cm³/mol. The normalized spacial score (nSPS) is 11.6. The molecule has 5 nitrogen and oxygen atoms in total. The SMILES string of the molecule is CC.COc1ccc2c(CC(N)C(=O)O)c[nH]c2c1. The van der Waals surface area contributed by atoms with Gasteiger partial charge >= 0.3 is 5.97 Å². The van der Waals surface area contributed by atoms with Crippen molar-refractivity contribution >= 4 is 16.9 Å². The summed E-state index contributed by atoms with van der Waals surface area (Å²) in [5, 5.41) is 9.75. The van der Waals surface area contributed by atoms with E-state index < -0.39 is 12.0 Å². The lowest BCUT2D eigenvalue weighted by Gasteiger charge is -2.05. The van der Waals surface area contributed by atoms with Crippen molar-refractivity contribution < 1.29 is 14.6 Å². The number of aromatic nitrogens is 1. The van der Waals surface area contributed by atoms with E-state index in [0.717, 1.165) is 22.2 Å². The first-order valence-electron chi connectivity index (χ1n) is 6.24. The fraction of sp³-hybridized carbons (Fsp3) is 0.357. The van der Waals surface area contributed by atoms with Gasteiger partial charge in [0.2, 0.25) is 0 Å². The molecule has 1 heterocycles. The number of benzene rings is 1. The summed E-state index contributed by atoms with van der Waals surface area (Å²) in [6.45, 7) is 4.00. The third-order valence-electron chi connectivity index (χ3n) is 2.73. The molecule has 0 saturated heterocycles. The minimum Gasteiger partial charge on any atom is -0.497 e. The van der Waals surface area contributed by atoms with Crippen LogP contribution in [0, 0.1) is 0 Å². The van der Waals surface area contributed by atoms with E-state index in [1.165, 1.54) is 0 Å². The lowest BCUT2D eigenvalue weighted by Crippen LogP contribution is -2.32. The Kier molecular flexibility index (Phi) is 5.38. The van der Waals surface area contributed by atoms with Gasteiger partial charge in [-0.05, 0) is 17.7 Å². The summed E-state index contributed by atoms with van der Waals surface area (Å²) in [7, 11) is 1.60. The predicted octanol–water partition coefficient (Wildman–Crippen LogP) is 2.16.